The summed E-state index contributed by atoms with van der Waals surface area (Å²) in [6.45, 7) is 6.34. The molecule has 0 saturated heterocycles. The Morgan fingerprint density at radius 2 is 1.50 bits per heavy atom. The summed E-state index contributed by atoms with van der Waals surface area (Å²) in [6, 6.07) is 27.5. The lowest BCUT2D eigenvalue weighted by molar-refractivity contribution is -0.141. The second-order valence-electron chi connectivity index (χ2n) is 8.73. The zero-order valence-electron chi connectivity index (χ0n) is 20.2. The van der Waals surface area contributed by atoms with Gasteiger partial charge in [0.05, 0.1) is 0 Å². The summed E-state index contributed by atoms with van der Waals surface area (Å²) in [5, 5.41) is 3.04. The standard InChI is InChI=1S/C29H34N2O2S/c1-22(2)30-29(33)27(20-24-13-6-4-7-14-24)31(21-25-15-11-10-12-23(25)3)28(32)18-19-34-26-16-8-5-9-17-26/h4-17,22,27H,18-21H2,1-3H3,(H,30,33). The van der Waals surface area contributed by atoms with Crippen molar-refractivity contribution in [1.82, 2.24) is 10.2 Å². The summed E-state index contributed by atoms with van der Waals surface area (Å²) in [4.78, 5) is 29.9. The fourth-order valence-electron chi connectivity index (χ4n) is 3.82. The van der Waals surface area contributed by atoms with Crippen LogP contribution in [0.1, 0.15) is 37.0 Å². The number of amides is 2. The van der Waals surface area contributed by atoms with Gasteiger partial charge in [0.15, 0.2) is 0 Å². The average molecular weight is 475 g/mol. The van der Waals surface area contributed by atoms with Crippen molar-refractivity contribution in [2.45, 2.75) is 57.1 Å². The lowest BCUT2D eigenvalue weighted by atomic mass is 10.0. The molecule has 0 heterocycles. The normalized spacial score (nSPS) is 11.8. The molecule has 5 heteroatoms. The second-order valence-corrected chi connectivity index (χ2v) is 9.90. The van der Waals surface area contributed by atoms with Crippen molar-refractivity contribution >= 4 is 23.6 Å². The molecule has 3 rings (SSSR count). The zero-order valence-corrected chi connectivity index (χ0v) is 21.1. The maximum atomic E-state index is 13.6. The molecule has 0 saturated carbocycles. The van der Waals surface area contributed by atoms with Crippen LogP contribution in [0.3, 0.4) is 0 Å². The molecule has 4 nitrogen and oxygen atoms in total. The van der Waals surface area contributed by atoms with Gasteiger partial charge in [-0.1, -0.05) is 72.8 Å². The number of aryl methyl sites for hydroxylation is 1. The minimum absolute atomic E-state index is 0.00479. The van der Waals surface area contributed by atoms with E-state index in [0.29, 0.717) is 25.1 Å². The summed E-state index contributed by atoms with van der Waals surface area (Å²) in [5.74, 6) is 0.541. The zero-order chi connectivity index (χ0) is 24.3. The minimum Gasteiger partial charge on any atom is -0.352 e. The molecule has 3 aromatic carbocycles. The molecule has 0 aliphatic carbocycles. The predicted octanol–water partition coefficient (Wildman–Crippen LogP) is 5.64. The first-order valence-electron chi connectivity index (χ1n) is 11.8. The number of carbonyl (C=O) groups is 2. The number of carbonyl (C=O) groups excluding carboxylic acids is 2. The van der Waals surface area contributed by atoms with Crippen LogP contribution in [-0.2, 0) is 22.6 Å². The van der Waals surface area contributed by atoms with Gasteiger partial charge >= 0.3 is 0 Å². The largest absolute Gasteiger partial charge is 0.352 e. The molecule has 1 atom stereocenters. The van der Waals surface area contributed by atoms with E-state index in [4.69, 9.17) is 0 Å². The van der Waals surface area contributed by atoms with E-state index in [1.165, 1.54) is 0 Å². The smallest absolute Gasteiger partial charge is 0.243 e. The van der Waals surface area contributed by atoms with Crippen molar-refractivity contribution in [3.05, 3.63) is 102 Å². The van der Waals surface area contributed by atoms with E-state index >= 15 is 0 Å². The first-order chi connectivity index (χ1) is 16.4. The lowest BCUT2D eigenvalue weighted by Crippen LogP contribution is -2.52. The van der Waals surface area contributed by atoms with Crippen LogP contribution in [0.4, 0.5) is 0 Å². The molecule has 2 amide bonds. The maximum absolute atomic E-state index is 13.6. The molecule has 0 radical (unpaired) electrons. The van der Waals surface area contributed by atoms with E-state index in [-0.39, 0.29) is 17.9 Å². The van der Waals surface area contributed by atoms with E-state index in [0.717, 1.165) is 21.6 Å². The Bertz CT molecular complexity index is 1050. The second kappa shape index (κ2) is 13.0. The maximum Gasteiger partial charge on any atom is 0.243 e. The fraction of sp³-hybridized carbons (Fsp3) is 0.310. The molecule has 0 aliphatic rings. The first kappa shape index (κ1) is 25.6. The van der Waals surface area contributed by atoms with Crippen molar-refractivity contribution in [3.63, 3.8) is 0 Å². The van der Waals surface area contributed by atoms with E-state index in [1.54, 1.807) is 16.7 Å². The van der Waals surface area contributed by atoms with Gasteiger partial charge < -0.3 is 10.2 Å². The lowest BCUT2D eigenvalue weighted by Gasteiger charge is -2.32. The summed E-state index contributed by atoms with van der Waals surface area (Å²) in [7, 11) is 0. The topological polar surface area (TPSA) is 49.4 Å². The van der Waals surface area contributed by atoms with Crippen molar-refractivity contribution in [2.75, 3.05) is 5.75 Å². The highest BCUT2D eigenvalue weighted by atomic mass is 32.2. The Kier molecular flexibility index (Phi) is 9.77. The third kappa shape index (κ3) is 7.77. The molecule has 1 unspecified atom stereocenters. The third-order valence-electron chi connectivity index (χ3n) is 5.63. The van der Waals surface area contributed by atoms with Crippen LogP contribution in [0.15, 0.2) is 89.8 Å². The number of benzene rings is 3. The van der Waals surface area contributed by atoms with Gasteiger partial charge in [0, 0.05) is 36.1 Å². The van der Waals surface area contributed by atoms with Gasteiger partial charge in [-0.3, -0.25) is 9.59 Å². The highest BCUT2D eigenvalue weighted by Crippen LogP contribution is 2.21. The van der Waals surface area contributed by atoms with Gasteiger partial charge in [-0.2, -0.15) is 0 Å². The molecule has 178 valence electrons. The predicted molar refractivity (Wildman–Crippen MR) is 141 cm³/mol. The number of hydrogen-bond acceptors (Lipinski definition) is 3. The molecule has 0 bridgehead atoms. The molecule has 1 N–H and O–H groups in total. The van der Waals surface area contributed by atoms with Crippen LogP contribution in [0.2, 0.25) is 0 Å². The van der Waals surface area contributed by atoms with Gasteiger partial charge in [-0.05, 0) is 49.6 Å². The quantitative estimate of drug-likeness (QED) is 0.366. The van der Waals surface area contributed by atoms with Gasteiger partial charge in [0.25, 0.3) is 0 Å². The van der Waals surface area contributed by atoms with Crippen molar-refractivity contribution in [3.8, 4) is 0 Å². The third-order valence-corrected chi connectivity index (χ3v) is 6.65. The molecule has 34 heavy (non-hydrogen) atoms. The number of nitrogens with zero attached hydrogens (tertiary/aromatic N) is 1. The number of nitrogens with one attached hydrogen (secondary N) is 1. The van der Waals surface area contributed by atoms with Gasteiger partial charge in [-0.25, -0.2) is 0 Å². The Labute approximate surface area is 207 Å². The highest BCUT2D eigenvalue weighted by molar-refractivity contribution is 7.99. The van der Waals surface area contributed by atoms with E-state index < -0.39 is 6.04 Å². The first-order valence-corrected chi connectivity index (χ1v) is 12.8. The van der Waals surface area contributed by atoms with E-state index in [9.17, 15) is 9.59 Å². The Morgan fingerprint density at radius 3 is 2.15 bits per heavy atom. The number of thioether (sulfide) groups is 1. The van der Waals surface area contributed by atoms with Crippen LogP contribution >= 0.6 is 11.8 Å². The highest BCUT2D eigenvalue weighted by Gasteiger charge is 2.30. The summed E-state index contributed by atoms with van der Waals surface area (Å²) >= 11 is 1.66. The summed E-state index contributed by atoms with van der Waals surface area (Å²) in [5.41, 5.74) is 3.20. The monoisotopic (exact) mass is 474 g/mol. The van der Waals surface area contributed by atoms with Crippen LogP contribution in [0, 0.1) is 6.92 Å². The Morgan fingerprint density at radius 1 is 0.882 bits per heavy atom. The van der Waals surface area contributed by atoms with E-state index in [2.05, 4.69) is 17.4 Å². The van der Waals surface area contributed by atoms with Crippen LogP contribution < -0.4 is 5.32 Å². The molecule has 0 spiro atoms. The molecule has 3 aromatic rings. The average Bonchev–Trinajstić information content (AvgIpc) is 2.83. The SMILES string of the molecule is Cc1ccccc1CN(C(=O)CCSc1ccccc1)C(Cc1ccccc1)C(=O)NC(C)C. The summed E-state index contributed by atoms with van der Waals surface area (Å²) < 4.78 is 0. The summed E-state index contributed by atoms with van der Waals surface area (Å²) in [6.07, 6.45) is 0.842. The molecular formula is C29H34N2O2S. The molecule has 0 aromatic heterocycles. The van der Waals surface area contributed by atoms with Crippen LogP contribution in [0.25, 0.3) is 0 Å². The van der Waals surface area contributed by atoms with Gasteiger partial charge in [0.2, 0.25) is 11.8 Å². The van der Waals surface area contributed by atoms with Crippen LogP contribution in [0.5, 0.6) is 0 Å². The van der Waals surface area contributed by atoms with Crippen molar-refractivity contribution < 1.29 is 9.59 Å². The fourth-order valence-corrected chi connectivity index (χ4v) is 4.68. The van der Waals surface area contributed by atoms with E-state index in [1.807, 2.05) is 93.6 Å². The van der Waals surface area contributed by atoms with Gasteiger partial charge in [-0.15, -0.1) is 11.8 Å². The molecule has 0 aliphatic heterocycles. The van der Waals surface area contributed by atoms with Crippen molar-refractivity contribution in [1.29, 1.82) is 0 Å². The number of rotatable bonds is 11. The Balaban J connectivity index is 1.86. The van der Waals surface area contributed by atoms with Crippen LogP contribution in [-0.4, -0.2) is 34.6 Å². The molecule has 0 fully saturated rings. The van der Waals surface area contributed by atoms with Crippen molar-refractivity contribution in [2.24, 2.45) is 0 Å². The number of hydrogen-bond donors (Lipinski definition) is 1. The minimum atomic E-state index is -0.585. The Hall–Kier alpha value is -3.05. The molecular weight excluding hydrogens is 440 g/mol. The van der Waals surface area contributed by atoms with Gasteiger partial charge in [0.1, 0.15) is 6.04 Å².